The van der Waals surface area contributed by atoms with E-state index < -0.39 is 0 Å². The zero-order chi connectivity index (χ0) is 6.95. The van der Waals surface area contributed by atoms with Crippen LogP contribution in [-0.2, 0) is 0 Å². The molecule has 3 heteroatoms. The number of benzene rings is 1. The number of aliphatic hydroxyl groups excluding tert-OH is 1. The van der Waals surface area contributed by atoms with Crippen molar-refractivity contribution in [1.82, 2.24) is 0 Å². The standard InChI is InChI=1S/C6H5.C2H6O.BrH.Mg/c1-2-4-6-5-3-1;1-2-3;;/h1-5H;3H,2H2,1H3;1H;/q-1;;;+2. The van der Waals surface area contributed by atoms with Crippen LogP contribution in [-0.4, -0.2) is 34.8 Å². The summed E-state index contributed by atoms with van der Waals surface area (Å²) < 4.78 is 0. The van der Waals surface area contributed by atoms with Gasteiger partial charge in [0.15, 0.2) is 0 Å². The van der Waals surface area contributed by atoms with Gasteiger partial charge in [0.25, 0.3) is 0 Å². The van der Waals surface area contributed by atoms with Crippen molar-refractivity contribution < 1.29 is 5.11 Å². The minimum absolute atomic E-state index is 0. The normalized spacial score (nSPS) is 6.00. The van der Waals surface area contributed by atoms with Gasteiger partial charge in [-0.3, -0.25) is 0 Å². The number of hydrogen-bond donors (Lipinski definition) is 1. The predicted molar refractivity (Wildman–Crippen MR) is 54.1 cm³/mol. The van der Waals surface area contributed by atoms with Crippen LogP contribution in [0, 0.1) is 6.07 Å². The molecule has 0 radical (unpaired) electrons. The first-order chi connectivity index (χ1) is 4.41. The monoisotopic (exact) mass is 227 g/mol. The Morgan fingerprint density at radius 1 is 1.18 bits per heavy atom. The fraction of sp³-hybridized carbons (Fsp3) is 0.250. The first kappa shape index (κ1) is 17.5. The van der Waals surface area contributed by atoms with Gasteiger partial charge in [-0.1, -0.05) is 0 Å². The summed E-state index contributed by atoms with van der Waals surface area (Å²) in [5.41, 5.74) is 0. The average Bonchev–Trinajstić information content (AvgIpc) is 1.93. The fourth-order valence-corrected chi connectivity index (χ4v) is 0.342. The number of hydrogen-bond acceptors (Lipinski definition) is 1. The smallest absolute Gasteiger partial charge is 0.397 e. The van der Waals surface area contributed by atoms with Gasteiger partial charge in [0.05, 0.1) is 0 Å². The molecule has 0 aliphatic rings. The van der Waals surface area contributed by atoms with E-state index in [9.17, 15) is 0 Å². The van der Waals surface area contributed by atoms with E-state index in [4.69, 9.17) is 5.11 Å². The van der Waals surface area contributed by atoms with E-state index in [1.165, 1.54) is 0 Å². The Morgan fingerprint density at radius 2 is 1.55 bits per heavy atom. The molecule has 0 heterocycles. The van der Waals surface area contributed by atoms with E-state index in [1.54, 1.807) is 6.92 Å². The van der Waals surface area contributed by atoms with E-state index in [2.05, 4.69) is 6.07 Å². The van der Waals surface area contributed by atoms with Crippen molar-refractivity contribution >= 4 is 40.0 Å². The Bertz CT molecular complexity index is 96.9. The number of rotatable bonds is 0. The molecule has 58 valence electrons. The van der Waals surface area contributed by atoms with Gasteiger partial charge in [-0.15, -0.1) is 17.0 Å². The zero-order valence-electron chi connectivity index (χ0n) is 6.66. The Morgan fingerprint density at radius 3 is 1.64 bits per heavy atom. The molecule has 0 saturated heterocycles. The Balaban J connectivity index is -0.000000116. The van der Waals surface area contributed by atoms with Crippen LogP contribution in [0.15, 0.2) is 30.3 Å². The molecular weight excluding hydrogens is 216 g/mol. The van der Waals surface area contributed by atoms with Gasteiger partial charge >= 0.3 is 23.1 Å². The van der Waals surface area contributed by atoms with Crippen LogP contribution in [0.4, 0.5) is 0 Å². The molecule has 1 nitrogen and oxygen atoms in total. The fourth-order valence-electron chi connectivity index (χ4n) is 0.342. The molecule has 0 unspecified atom stereocenters. The van der Waals surface area contributed by atoms with E-state index in [1.807, 2.05) is 30.3 Å². The molecule has 1 aromatic carbocycles. The van der Waals surface area contributed by atoms with Crippen LogP contribution >= 0.6 is 17.0 Å². The number of aliphatic hydroxyl groups is 1. The van der Waals surface area contributed by atoms with Gasteiger partial charge in [0.2, 0.25) is 0 Å². The summed E-state index contributed by atoms with van der Waals surface area (Å²) in [4.78, 5) is 0. The van der Waals surface area contributed by atoms with Gasteiger partial charge in [-0.2, -0.15) is 36.4 Å². The third kappa shape index (κ3) is 17.9. The maximum atomic E-state index is 7.57. The summed E-state index contributed by atoms with van der Waals surface area (Å²) in [5, 5.41) is 7.57. The molecule has 1 N–H and O–H groups in total. The van der Waals surface area contributed by atoms with Crippen molar-refractivity contribution in [2.75, 3.05) is 6.61 Å². The first-order valence-corrected chi connectivity index (χ1v) is 2.93. The second kappa shape index (κ2) is 16.8. The van der Waals surface area contributed by atoms with E-state index in [0.717, 1.165) is 0 Å². The van der Waals surface area contributed by atoms with Crippen molar-refractivity contribution in [3.63, 3.8) is 0 Å². The second-order valence-electron chi connectivity index (χ2n) is 1.39. The van der Waals surface area contributed by atoms with E-state index in [0.29, 0.717) is 0 Å². The van der Waals surface area contributed by atoms with Crippen molar-refractivity contribution in [2.24, 2.45) is 0 Å². The van der Waals surface area contributed by atoms with Crippen LogP contribution in [0.3, 0.4) is 0 Å². The largest absolute Gasteiger partial charge is 2.00 e. The third-order valence-corrected chi connectivity index (χ3v) is 0.607. The minimum Gasteiger partial charge on any atom is -0.397 e. The van der Waals surface area contributed by atoms with Crippen molar-refractivity contribution in [3.05, 3.63) is 36.4 Å². The summed E-state index contributed by atoms with van der Waals surface area (Å²) in [5.74, 6) is 0. The predicted octanol–water partition coefficient (Wildman–Crippen LogP) is 1.68. The van der Waals surface area contributed by atoms with Crippen LogP contribution in [0.25, 0.3) is 0 Å². The van der Waals surface area contributed by atoms with E-state index in [-0.39, 0.29) is 46.6 Å². The molecule has 0 fully saturated rings. The first-order valence-electron chi connectivity index (χ1n) is 2.93. The molecular formula is C8H12BrMgO+. The van der Waals surface area contributed by atoms with Crippen LogP contribution in [0.1, 0.15) is 6.92 Å². The summed E-state index contributed by atoms with van der Waals surface area (Å²) in [7, 11) is 0. The summed E-state index contributed by atoms with van der Waals surface area (Å²) in [6.07, 6.45) is 0. The molecule has 11 heavy (non-hydrogen) atoms. The van der Waals surface area contributed by atoms with Crippen LogP contribution < -0.4 is 0 Å². The van der Waals surface area contributed by atoms with Gasteiger partial charge in [-0.25, -0.2) is 0 Å². The Labute approximate surface area is 94.7 Å². The molecule has 1 rings (SSSR count). The maximum Gasteiger partial charge on any atom is 2.00 e. The van der Waals surface area contributed by atoms with Crippen molar-refractivity contribution in [2.45, 2.75) is 6.92 Å². The maximum absolute atomic E-state index is 7.57. The Kier molecular flexibility index (Phi) is 26.7. The summed E-state index contributed by atoms with van der Waals surface area (Å²) >= 11 is 0. The molecule has 0 atom stereocenters. The molecule has 0 bridgehead atoms. The van der Waals surface area contributed by atoms with Gasteiger partial charge in [0, 0.05) is 6.61 Å². The summed E-state index contributed by atoms with van der Waals surface area (Å²) in [6, 6.07) is 12.5. The average molecular weight is 228 g/mol. The minimum atomic E-state index is 0. The second-order valence-corrected chi connectivity index (χ2v) is 1.39. The molecule has 1 aromatic rings. The third-order valence-electron chi connectivity index (χ3n) is 0.607. The molecule has 0 aliphatic heterocycles. The molecule has 0 amide bonds. The molecule has 0 aliphatic carbocycles. The Hall–Kier alpha value is 0.426. The van der Waals surface area contributed by atoms with E-state index >= 15 is 0 Å². The SMILES string of the molecule is Br.CCO.[Mg+2].[c-]1ccccc1. The van der Waals surface area contributed by atoms with Gasteiger partial charge in [0.1, 0.15) is 0 Å². The summed E-state index contributed by atoms with van der Waals surface area (Å²) in [6.45, 7) is 1.93. The zero-order valence-corrected chi connectivity index (χ0v) is 9.78. The van der Waals surface area contributed by atoms with Gasteiger partial charge in [-0.05, 0) is 6.92 Å². The topological polar surface area (TPSA) is 20.2 Å². The molecule has 0 aromatic heterocycles. The van der Waals surface area contributed by atoms with Crippen LogP contribution in [0.5, 0.6) is 0 Å². The molecule has 0 saturated carbocycles. The van der Waals surface area contributed by atoms with Gasteiger partial charge < -0.3 is 5.11 Å². The quantitative estimate of drug-likeness (QED) is 0.529. The number of halogens is 1. The molecule has 0 spiro atoms. The van der Waals surface area contributed by atoms with Crippen molar-refractivity contribution in [3.8, 4) is 0 Å². The van der Waals surface area contributed by atoms with Crippen molar-refractivity contribution in [1.29, 1.82) is 0 Å². The van der Waals surface area contributed by atoms with Crippen LogP contribution in [0.2, 0.25) is 0 Å².